The molecular formula is C15H21NO3. The van der Waals surface area contributed by atoms with Crippen LogP contribution in [-0.2, 0) is 11.2 Å². The summed E-state index contributed by atoms with van der Waals surface area (Å²) in [6, 6.07) is 7.26. The minimum Gasteiger partial charge on any atom is -0.454 e. The summed E-state index contributed by atoms with van der Waals surface area (Å²) in [7, 11) is 0. The van der Waals surface area contributed by atoms with Gasteiger partial charge in [-0.2, -0.15) is 0 Å². The molecule has 0 radical (unpaired) electrons. The van der Waals surface area contributed by atoms with Crippen LogP contribution in [0.1, 0.15) is 25.3 Å². The van der Waals surface area contributed by atoms with Gasteiger partial charge in [0.05, 0.1) is 6.61 Å². The second-order valence-electron chi connectivity index (χ2n) is 5.35. The van der Waals surface area contributed by atoms with Crippen molar-refractivity contribution < 1.29 is 14.2 Å². The van der Waals surface area contributed by atoms with E-state index in [9.17, 15) is 0 Å². The molecule has 0 aliphatic carbocycles. The summed E-state index contributed by atoms with van der Waals surface area (Å²) in [4.78, 5) is 0. The molecule has 0 spiro atoms. The van der Waals surface area contributed by atoms with E-state index in [2.05, 4.69) is 24.4 Å². The van der Waals surface area contributed by atoms with Crippen LogP contribution in [0.25, 0.3) is 0 Å². The van der Waals surface area contributed by atoms with Crippen molar-refractivity contribution in [2.75, 3.05) is 20.0 Å². The highest BCUT2D eigenvalue weighted by atomic mass is 16.7. The van der Waals surface area contributed by atoms with E-state index < -0.39 is 0 Å². The molecule has 2 aliphatic heterocycles. The predicted molar refractivity (Wildman–Crippen MR) is 72.7 cm³/mol. The largest absolute Gasteiger partial charge is 0.454 e. The van der Waals surface area contributed by atoms with Crippen LogP contribution in [-0.4, -0.2) is 32.1 Å². The van der Waals surface area contributed by atoms with E-state index in [1.54, 1.807) is 0 Å². The minimum absolute atomic E-state index is 0.346. The van der Waals surface area contributed by atoms with Crippen molar-refractivity contribution in [3.63, 3.8) is 0 Å². The molecule has 1 aromatic rings. The van der Waals surface area contributed by atoms with Crippen LogP contribution in [0.2, 0.25) is 0 Å². The van der Waals surface area contributed by atoms with Crippen LogP contribution >= 0.6 is 0 Å². The van der Waals surface area contributed by atoms with Gasteiger partial charge >= 0.3 is 0 Å². The third-order valence-corrected chi connectivity index (χ3v) is 3.75. The molecule has 1 saturated heterocycles. The maximum absolute atomic E-state index is 5.40. The lowest BCUT2D eigenvalue weighted by atomic mass is 10.0. The lowest BCUT2D eigenvalue weighted by Gasteiger charge is -2.18. The molecule has 0 amide bonds. The molecular weight excluding hydrogens is 242 g/mol. The second-order valence-corrected chi connectivity index (χ2v) is 5.35. The monoisotopic (exact) mass is 263 g/mol. The van der Waals surface area contributed by atoms with Crippen molar-refractivity contribution >= 4 is 0 Å². The zero-order valence-corrected chi connectivity index (χ0v) is 11.4. The van der Waals surface area contributed by atoms with E-state index in [0.29, 0.717) is 18.9 Å². The number of nitrogens with one attached hydrogen (secondary N) is 1. The lowest BCUT2D eigenvalue weighted by molar-refractivity contribution is 0.174. The van der Waals surface area contributed by atoms with Crippen molar-refractivity contribution in [1.82, 2.24) is 5.32 Å². The van der Waals surface area contributed by atoms with Gasteiger partial charge in [-0.05, 0) is 43.9 Å². The first-order chi connectivity index (χ1) is 9.31. The van der Waals surface area contributed by atoms with Crippen molar-refractivity contribution in [3.8, 4) is 11.5 Å². The number of hydrogen-bond acceptors (Lipinski definition) is 4. The summed E-state index contributed by atoms with van der Waals surface area (Å²) in [6.07, 6.45) is 3.31. The summed E-state index contributed by atoms with van der Waals surface area (Å²) in [6.45, 7) is 4.34. The van der Waals surface area contributed by atoms with Gasteiger partial charge < -0.3 is 19.5 Å². The van der Waals surface area contributed by atoms with Crippen LogP contribution < -0.4 is 14.8 Å². The van der Waals surface area contributed by atoms with Gasteiger partial charge in [0.2, 0.25) is 6.79 Å². The summed E-state index contributed by atoms with van der Waals surface area (Å²) < 4.78 is 16.1. The standard InChI is InChI=1S/C15H21NO3/c1-11(16-13-6-7-17-9-13)2-3-12-4-5-14-15(8-12)19-10-18-14/h4-5,8,11,13,16H,2-3,6-7,9-10H2,1H3. The Balaban J connectivity index is 1.48. The van der Waals surface area contributed by atoms with E-state index >= 15 is 0 Å². The molecule has 2 heterocycles. The first-order valence-electron chi connectivity index (χ1n) is 7.03. The van der Waals surface area contributed by atoms with Gasteiger partial charge in [0, 0.05) is 18.7 Å². The zero-order chi connectivity index (χ0) is 13.1. The molecule has 104 valence electrons. The molecule has 1 N–H and O–H groups in total. The van der Waals surface area contributed by atoms with Crippen LogP contribution in [0.3, 0.4) is 0 Å². The summed E-state index contributed by atoms with van der Waals surface area (Å²) >= 11 is 0. The average molecular weight is 263 g/mol. The molecule has 2 unspecified atom stereocenters. The molecule has 19 heavy (non-hydrogen) atoms. The Labute approximate surface area is 114 Å². The smallest absolute Gasteiger partial charge is 0.231 e. The van der Waals surface area contributed by atoms with Gasteiger partial charge in [-0.1, -0.05) is 6.07 Å². The fourth-order valence-corrected chi connectivity index (χ4v) is 2.63. The van der Waals surface area contributed by atoms with E-state index in [-0.39, 0.29) is 0 Å². The Morgan fingerprint density at radius 2 is 2.21 bits per heavy atom. The quantitative estimate of drug-likeness (QED) is 0.883. The predicted octanol–water partition coefficient (Wildman–Crippen LogP) is 2.11. The van der Waals surface area contributed by atoms with Crippen LogP contribution in [0.15, 0.2) is 18.2 Å². The highest BCUT2D eigenvalue weighted by Gasteiger charge is 2.18. The highest BCUT2D eigenvalue weighted by Crippen LogP contribution is 2.32. The number of rotatable bonds is 5. The van der Waals surface area contributed by atoms with Gasteiger partial charge in [-0.25, -0.2) is 0 Å². The van der Waals surface area contributed by atoms with E-state index in [0.717, 1.165) is 44.0 Å². The third kappa shape index (κ3) is 3.19. The maximum Gasteiger partial charge on any atom is 0.231 e. The van der Waals surface area contributed by atoms with E-state index in [1.165, 1.54) is 5.56 Å². The summed E-state index contributed by atoms with van der Waals surface area (Å²) in [5.41, 5.74) is 1.31. The summed E-state index contributed by atoms with van der Waals surface area (Å²) in [5.74, 6) is 1.74. The molecule has 4 nitrogen and oxygen atoms in total. The normalized spacial score (nSPS) is 22.7. The SMILES string of the molecule is CC(CCc1ccc2c(c1)OCO2)NC1CCOC1. The van der Waals surface area contributed by atoms with Crippen LogP contribution in [0.5, 0.6) is 11.5 Å². The first kappa shape index (κ1) is 12.8. The van der Waals surface area contributed by atoms with Crippen molar-refractivity contribution in [3.05, 3.63) is 23.8 Å². The molecule has 4 heteroatoms. The Morgan fingerprint density at radius 1 is 1.32 bits per heavy atom. The van der Waals surface area contributed by atoms with Gasteiger partial charge in [-0.15, -0.1) is 0 Å². The van der Waals surface area contributed by atoms with Crippen molar-refractivity contribution in [1.29, 1.82) is 0 Å². The molecule has 1 fully saturated rings. The molecule has 2 atom stereocenters. The maximum atomic E-state index is 5.40. The second kappa shape index (κ2) is 5.80. The fourth-order valence-electron chi connectivity index (χ4n) is 2.63. The number of hydrogen-bond donors (Lipinski definition) is 1. The Kier molecular flexibility index (Phi) is 3.89. The van der Waals surface area contributed by atoms with Crippen LogP contribution in [0, 0.1) is 0 Å². The molecule has 0 saturated carbocycles. The van der Waals surface area contributed by atoms with Gasteiger partial charge in [0.1, 0.15) is 0 Å². The Hall–Kier alpha value is -1.26. The summed E-state index contributed by atoms with van der Waals surface area (Å²) in [5, 5.41) is 3.62. The number of aryl methyl sites for hydroxylation is 1. The number of fused-ring (bicyclic) bond motifs is 1. The van der Waals surface area contributed by atoms with Crippen LogP contribution in [0.4, 0.5) is 0 Å². The van der Waals surface area contributed by atoms with Gasteiger partial charge in [0.15, 0.2) is 11.5 Å². The molecule has 0 bridgehead atoms. The molecule has 2 aliphatic rings. The van der Waals surface area contributed by atoms with Gasteiger partial charge in [0.25, 0.3) is 0 Å². The van der Waals surface area contributed by atoms with E-state index in [1.807, 2.05) is 6.07 Å². The molecule has 3 rings (SSSR count). The Bertz CT molecular complexity index is 429. The molecule has 1 aromatic carbocycles. The van der Waals surface area contributed by atoms with Crippen molar-refractivity contribution in [2.24, 2.45) is 0 Å². The van der Waals surface area contributed by atoms with Gasteiger partial charge in [-0.3, -0.25) is 0 Å². The highest BCUT2D eigenvalue weighted by molar-refractivity contribution is 5.44. The topological polar surface area (TPSA) is 39.7 Å². The van der Waals surface area contributed by atoms with E-state index in [4.69, 9.17) is 14.2 Å². The lowest BCUT2D eigenvalue weighted by Crippen LogP contribution is -2.37. The number of benzene rings is 1. The first-order valence-corrected chi connectivity index (χ1v) is 7.03. The van der Waals surface area contributed by atoms with Crippen molar-refractivity contribution in [2.45, 2.75) is 38.3 Å². The average Bonchev–Trinajstić information content (AvgIpc) is 3.06. The fraction of sp³-hybridized carbons (Fsp3) is 0.600. The third-order valence-electron chi connectivity index (χ3n) is 3.75. The zero-order valence-electron chi connectivity index (χ0n) is 11.4. The minimum atomic E-state index is 0.346. The molecule has 0 aromatic heterocycles. The Morgan fingerprint density at radius 3 is 3.05 bits per heavy atom. The number of ether oxygens (including phenoxy) is 3.